The highest BCUT2D eigenvalue weighted by atomic mass is 19.4. The van der Waals surface area contributed by atoms with Crippen LogP contribution < -0.4 is 0 Å². The molecular formula is C10H8F4O. The standard InChI is InChI=1S/C10H8F4O/c1-6-2-3-8(11)7(4-6)5-9(15)10(12,13)14/h2-4H,5H2,1H3. The maximum absolute atomic E-state index is 13.0. The number of rotatable bonds is 2. The average Bonchev–Trinajstić information content (AvgIpc) is 2.09. The van der Waals surface area contributed by atoms with Crippen molar-refractivity contribution in [1.82, 2.24) is 0 Å². The van der Waals surface area contributed by atoms with Crippen molar-refractivity contribution < 1.29 is 22.4 Å². The Labute approximate surface area is 83.7 Å². The molecule has 0 aliphatic heterocycles. The zero-order valence-electron chi connectivity index (χ0n) is 7.86. The monoisotopic (exact) mass is 220 g/mol. The van der Waals surface area contributed by atoms with Crippen LogP contribution in [0.4, 0.5) is 17.6 Å². The molecule has 1 rings (SSSR count). The van der Waals surface area contributed by atoms with E-state index >= 15 is 0 Å². The Morgan fingerprint density at radius 2 is 1.93 bits per heavy atom. The lowest BCUT2D eigenvalue weighted by molar-refractivity contribution is -0.170. The molecular weight excluding hydrogens is 212 g/mol. The van der Waals surface area contributed by atoms with Gasteiger partial charge in [0.15, 0.2) is 0 Å². The second-order valence-corrected chi connectivity index (χ2v) is 3.19. The molecule has 0 fully saturated rings. The van der Waals surface area contributed by atoms with Crippen LogP contribution in [0.15, 0.2) is 18.2 Å². The minimum absolute atomic E-state index is 0.225. The summed E-state index contributed by atoms with van der Waals surface area (Å²) in [7, 11) is 0. The van der Waals surface area contributed by atoms with Crippen molar-refractivity contribution in [2.75, 3.05) is 0 Å². The second-order valence-electron chi connectivity index (χ2n) is 3.19. The molecule has 0 aliphatic carbocycles. The Kier molecular flexibility index (Phi) is 3.12. The van der Waals surface area contributed by atoms with E-state index in [0.29, 0.717) is 5.56 Å². The number of benzene rings is 1. The molecule has 0 spiro atoms. The third kappa shape index (κ3) is 3.04. The first-order valence-corrected chi connectivity index (χ1v) is 4.16. The maximum atomic E-state index is 13.0. The normalized spacial score (nSPS) is 11.5. The van der Waals surface area contributed by atoms with Gasteiger partial charge in [0, 0.05) is 6.42 Å². The number of aryl methyl sites for hydroxylation is 1. The number of halogens is 4. The molecule has 1 aromatic carbocycles. The molecule has 0 saturated carbocycles. The minimum atomic E-state index is -4.91. The highest BCUT2D eigenvalue weighted by Gasteiger charge is 2.38. The largest absolute Gasteiger partial charge is 0.450 e. The van der Waals surface area contributed by atoms with Crippen molar-refractivity contribution in [3.8, 4) is 0 Å². The van der Waals surface area contributed by atoms with Crippen LogP contribution in [-0.2, 0) is 11.2 Å². The highest BCUT2D eigenvalue weighted by molar-refractivity contribution is 5.86. The van der Waals surface area contributed by atoms with Crippen molar-refractivity contribution in [1.29, 1.82) is 0 Å². The van der Waals surface area contributed by atoms with Crippen molar-refractivity contribution in [3.63, 3.8) is 0 Å². The predicted molar refractivity (Wildman–Crippen MR) is 45.9 cm³/mol. The fourth-order valence-electron chi connectivity index (χ4n) is 1.11. The Morgan fingerprint density at radius 3 is 2.47 bits per heavy atom. The molecule has 15 heavy (non-hydrogen) atoms. The van der Waals surface area contributed by atoms with E-state index in [1.807, 2.05) is 0 Å². The summed E-state index contributed by atoms with van der Waals surface area (Å²) in [6.07, 6.45) is -5.85. The zero-order valence-corrected chi connectivity index (χ0v) is 7.86. The fraction of sp³-hybridized carbons (Fsp3) is 0.300. The summed E-state index contributed by atoms with van der Waals surface area (Å²) < 4.78 is 48.7. The quantitative estimate of drug-likeness (QED) is 0.700. The summed E-state index contributed by atoms with van der Waals surface area (Å²) >= 11 is 0. The number of hydrogen-bond donors (Lipinski definition) is 0. The topological polar surface area (TPSA) is 17.1 Å². The lowest BCUT2D eigenvalue weighted by atomic mass is 10.1. The van der Waals surface area contributed by atoms with Crippen LogP contribution in [0.5, 0.6) is 0 Å². The van der Waals surface area contributed by atoms with Crippen LogP contribution in [0.3, 0.4) is 0 Å². The van der Waals surface area contributed by atoms with Crippen LogP contribution in [0.2, 0.25) is 0 Å². The number of hydrogen-bond acceptors (Lipinski definition) is 1. The van der Waals surface area contributed by atoms with Gasteiger partial charge in [-0.2, -0.15) is 13.2 Å². The van der Waals surface area contributed by atoms with Gasteiger partial charge >= 0.3 is 6.18 Å². The first-order valence-electron chi connectivity index (χ1n) is 4.16. The number of Topliss-reactive ketones (excluding diaryl/α,β-unsaturated/α-hetero) is 1. The number of carbonyl (C=O) groups excluding carboxylic acids is 1. The summed E-state index contributed by atoms with van der Waals surface area (Å²) in [5.74, 6) is -2.73. The molecule has 0 unspecified atom stereocenters. The molecule has 0 atom stereocenters. The van der Waals surface area contributed by atoms with Gasteiger partial charge in [0.1, 0.15) is 5.82 Å². The van der Waals surface area contributed by atoms with Gasteiger partial charge in [0.2, 0.25) is 5.78 Å². The molecule has 1 aromatic rings. The number of ketones is 1. The van der Waals surface area contributed by atoms with Crippen molar-refractivity contribution in [3.05, 3.63) is 35.1 Å². The van der Waals surface area contributed by atoms with Crippen LogP contribution in [0, 0.1) is 12.7 Å². The van der Waals surface area contributed by atoms with E-state index in [1.54, 1.807) is 6.92 Å². The van der Waals surface area contributed by atoms with E-state index in [4.69, 9.17) is 0 Å². The fourth-order valence-corrected chi connectivity index (χ4v) is 1.11. The van der Waals surface area contributed by atoms with Gasteiger partial charge in [-0.1, -0.05) is 17.7 Å². The lowest BCUT2D eigenvalue weighted by Gasteiger charge is -2.06. The maximum Gasteiger partial charge on any atom is 0.450 e. The molecule has 1 nitrogen and oxygen atoms in total. The van der Waals surface area contributed by atoms with Gasteiger partial charge in [0.25, 0.3) is 0 Å². The van der Waals surface area contributed by atoms with Gasteiger partial charge in [-0.15, -0.1) is 0 Å². The molecule has 0 saturated heterocycles. The highest BCUT2D eigenvalue weighted by Crippen LogP contribution is 2.20. The van der Waals surface area contributed by atoms with Crippen LogP contribution in [-0.4, -0.2) is 12.0 Å². The van der Waals surface area contributed by atoms with E-state index in [1.165, 1.54) is 12.1 Å². The molecule has 82 valence electrons. The zero-order chi connectivity index (χ0) is 11.6. The van der Waals surface area contributed by atoms with E-state index in [9.17, 15) is 22.4 Å². The van der Waals surface area contributed by atoms with Gasteiger partial charge < -0.3 is 0 Å². The van der Waals surface area contributed by atoms with Crippen LogP contribution in [0.1, 0.15) is 11.1 Å². The number of alkyl halides is 3. The molecule has 0 amide bonds. The third-order valence-electron chi connectivity index (χ3n) is 1.87. The van der Waals surface area contributed by atoms with Gasteiger partial charge in [-0.3, -0.25) is 4.79 Å². The first-order chi connectivity index (χ1) is 6.80. The van der Waals surface area contributed by atoms with Crippen LogP contribution in [0.25, 0.3) is 0 Å². The Morgan fingerprint density at radius 1 is 1.33 bits per heavy atom. The molecule has 0 radical (unpaired) electrons. The Hall–Kier alpha value is -1.39. The summed E-state index contributed by atoms with van der Waals surface area (Å²) in [5, 5.41) is 0. The first kappa shape index (κ1) is 11.7. The molecule has 0 aliphatic rings. The summed E-state index contributed by atoms with van der Waals surface area (Å²) in [6, 6.07) is 3.71. The molecule has 5 heteroatoms. The minimum Gasteiger partial charge on any atom is -0.289 e. The van der Waals surface area contributed by atoms with E-state index < -0.39 is 24.2 Å². The molecule has 0 N–H and O–H groups in total. The smallest absolute Gasteiger partial charge is 0.289 e. The third-order valence-corrected chi connectivity index (χ3v) is 1.87. The SMILES string of the molecule is Cc1ccc(F)c(CC(=O)C(F)(F)F)c1. The summed E-state index contributed by atoms with van der Waals surface area (Å²) in [6.45, 7) is 1.61. The van der Waals surface area contributed by atoms with Gasteiger partial charge in [0.05, 0.1) is 0 Å². The summed E-state index contributed by atoms with van der Waals surface area (Å²) in [5.41, 5.74) is 0.388. The molecule has 0 aromatic heterocycles. The van der Waals surface area contributed by atoms with E-state index in [0.717, 1.165) is 6.07 Å². The van der Waals surface area contributed by atoms with Crippen molar-refractivity contribution in [2.24, 2.45) is 0 Å². The van der Waals surface area contributed by atoms with Crippen molar-refractivity contribution >= 4 is 5.78 Å². The molecule has 0 bridgehead atoms. The Balaban J connectivity index is 2.90. The molecule has 0 heterocycles. The Bertz CT molecular complexity index is 381. The summed E-state index contributed by atoms with van der Waals surface area (Å²) in [4.78, 5) is 10.6. The van der Waals surface area contributed by atoms with Gasteiger partial charge in [-0.05, 0) is 18.6 Å². The van der Waals surface area contributed by atoms with Crippen LogP contribution >= 0.6 is 0 Å². The average molecular weight is 220 g/mol. The van der Waals surface area contributed by atoms with Crippen molar-refractivity contribution in [2.45, 2.75) is 19.5 Å². The van der Waals surface area contributed by atoms with E-state index in [2.05, 4.69) is 0 Å². The lowest BCUT2D eigenvalue weighted by Crippen LogP contribution is -2.25. The number of carbonyl (C=O) groups is 1. The second kappa shape index (κ2) is 4.00. The van der Waals surface area contributed by atoms with E-state index in [-0.39, 0.29) is 5.56 Å². The van der Waals surface area contributed by atoms with Gasteiger partial charge in [-0.25, -0.2) is 4.39 Å². The predicted octanol–water partition coefficient (Wildman–Crippen LogP) is 2.81.